The van der Waals surface area contributed by atoms with Crippen LogP contribution in [0.25, 0.3) is 10.6 Å². The Kier molecular flexibility index (Phi) is 2.52. The molecule has 1 aromatic heterocycles. The minimum absolute atomic E-state index is 0.791. The van der Waals surface area contributed by atoms with E-state index in [9.17, 15) is 0 Å². The lowest BCUT2D eigenvalue weighted by atomic mass is 10.1. The van der Waals surface area contributed by atoms with E-state index in [4.69, 9.17) is 9.47 Å². The quantitative estimate of drug-likeness (QED) is 0.817. The van der Waals surface area contributed by atoms with Crippen molar-refractivity contribution in [3.63, 3.8) is 0 Å². The maximum atomic E-state index is 5.50. The second-order valence-electron chi connectivity index (χ2n) is 4.02. The summed E-state index contributed by atoms with van der Waals surface area (Å²) in [6.45, 7) is 2.76. The molecule has 1 aromatic carbocycles. The van der Waals surface area contributed by atoms with Crippen molar-refractivity contribution >= 4 is 11.3 Å². The number of methoxy groups -OCH3 is 1. The van der Waals surface area contributed by atoms with E-state index in [-0.39, 0.29) is 0 Å². The monoisotopic (exact) mass is 247 g/mol. The molecule has 0 radical (unpaired) electrons. The normalized spacial score (nSPS) is 13.3. The molecule has 0 unspecified atom stereocenters. The smallest absolute Gasteiger partial charge is 0.197 e. The third-order valence-corrected chi connectivity index (χ3v) is 4.04. The van der Waals surface area contributed by atoms with E-state index in [0.717, 1.165) is 40.1 Å². The Labute approximate surface area is 104 Å². The average Bonchev–Trinajstić information content (AvgIpc) is 2.93. The van der Waals surface area contributed by atoms with E-state index in [2.05, 4.69) is 17.1 Å². The standard InChI is InChI=1S/C13H13NO2S/c1-8-13(15-2)17-12(14-8)10-3-4-11-9(7-10)5-6-16-11/h3-4,7H,5-6H2,1-2H3. The van der Waals surface area contributed by atoms with Gasteiger partial charge in [0, 0.05) is 12.0 Å². The zero-order chi connectivity index (χ0) is 11.8. The number of aryl methyl sites for hydroxylation is 1. The number of hydrogen-bond donors (Lipinski definition) is 0. The van der Waals surface area contributed by atoms with Gasteiger partial charge in [-0.15, -0.1) is 0 Å². The van der Waals surface area contributed by atoms with Crippen LogP contribution in [0.4, 0.5) is 0 Å². The molecule has 2 heterocycles. The predicted octanol–water partition coefficient (Wildman–Crippen LogP) is 3.06. The number of fused-ring (bicyclic) bond motifs is 1. The fourth-order valence-corrected chi connectivity index (χ4v) is 2.89. The van der Waals surface area contributed by atoms with Crippen LogP contribution >= 0.6 is 11.3 Å². The van der Waals surface area contributed by atoms with Gasteiger partial charge in [0.25, 0.3) is 0 Å². The molecule has 0 aliphatic carbocycles. The fourth-order valence-electron chi connectivity index (χ4n) is 2.01. The maximum Gasteiger partial charge on any atom is 0.197 e. The van der Waals surface area contributed by atoms with Crippen molar-refractivity contribution in [2.24, 2.45) is 0 Å². The molecule has 1 aliphatic heterocycles. The van der Waals surface area contributed by atoms with Gasteiger partial charge >= 0.3 is 0 Å². The Hall–Kier alpha value is -1.55. The number of aromatic nitrogens is 1. The van der Waals surface area contributed by atoms with Crippen LogP contribution in [0.1, 0.15) is 11.3 Å². The van der Waals surface area contributed by atoms with Gasteiger partial charge in [0.05, 0.1) is 19.4 Å². The molecule has 0 saturated heterocycles. The summed E-state index contributed by atoms with van der Waals surface area (Å²) in [5.74, 6) is 1.01. The Morgan fingerprint density at radius 1 is 1.41 bits per heavy atom. The lowest BCUT2D eigenvalue weighted by Gasteiger charge is -2.00. The fraction of sp³-hybridized carbons (Fsp3) is 0.308. The second-order valence-corrected chi connectivity index (χ2v) is 4.98. The van der Waals surface area contributed by atoms with E-state index in [1.54, 1.807) is 18.4 Å². The molecule has 3 rings (SSSR count). The van der Waals surface area contributed by atoms with Crippen molar-refractivity contribution in [2.45, 2.75) is 13.3 Å². The van der Waals surface area contributed by atoms with E-state index in [1.165, 1.54) is 5.56 Å². The molecule has 17 heavy (non-hydrogen) atoms. The number of nitrogens with zero attached hydrogens (tertiary/aromatic N) is 1. The largest absolute Gasteiger partial charge is 0.493 e. The highest BCUT2D eigenvalue weighted by Gasteiger charge is 2.15. The van der Waals surface area contributed by atoms with Crippen molar-refractivity contribution in [1.82, 2.24) is 4.98 Å². The molecule has 0 bridgehead atoms. The van der Waals surface area contributed by atoms with E-state index in [1.807, 2.05) is 13.0 Å². The molecule has 0 saturated carbocycles. The molecular formula is C13H13NO2S. The van der Waals surface area contributed by atoms with Crippen LogP contribution in [-0.2, 0) is 6.42 Å². The Morgan fingerprint density at radius 3 is 3.06 bits per heavy atom. The molecule has 88 valence electrons. The van der Waals surface area contributed by atoms with E-state index >= 15 is 0 Å². The molecule has 0 atom stereocenters. The van der Waals surface area contributed by atoms with Gasteiger partial charge < -0.3 is 9.47 Å². The summed E-state index contributed by atoms with van der Waals surface area (Å²) in [5.41, 5.74) is 3.37. The van der Waals surface area contributed by atoms with Crippen LogP contribution in [0.2, 0.25) is 0 Å². The molecular weight excluding hydrogens is 234 g/mol. The minimum Gasteiger partial charge on any atom is -0.493 e. The van der Waals surface area contributed by atoms with Crippen molar-refractivity contribution in [2.75, 3.05) is 13.7 Å². The molecule has 0 fully saturated rings. The van der Waals surface area contributed by atoms with E-state index in [0.29, 0.717) is 0 Å². The lowest BCUT2D eigenvalue weighted by molar-refractivity contribution is 0.357. The zero-order valence-corrected chi connectivity index (χ0v) is 10.6. The molecule has 2 aromatic rings. The van der Waals surface area contributed by atoms with Gasteiger partial charge in [0.1, 0.15) is 10.8 Å². The third kappa shape index (κ3) is 1.78. The lowest BCUT2D eigenvalue weighted by Crippen LogP contribution is -1.85. The average molecular weight is 247 g/mol. The number of rotatable bonds is 2. The van der Waals surface area contributed by atoms with Crippen LogP contribution in [-0.4, -0.2) is 18.7 Å². The first-order valence-corrected chi connectivity index (χ1v) is 6.37. The number of ether oxygens (including phenoxy) is 2. The first-order chi connectivity index (χ1) is 8.28. The van der Waals surface area contributed by atoms with Crippen LogP contribution in [0.15, 0.2) is 18.2 Å². The molecule has 3 nitrogen and oxygen atoms in total. The summed E-state index contributed by atoms with van der Waals surface area (Å²) in [6.07, 6.45) is 0.991. The molecule has 4 heteroatoms. The van der Waals surface area contributed by atoms with Crippen LogP contribution in [0.3, 0.4) is 0 Å². The van der Waals surface area contributed by atoms with Crippen molar-refractivity contribution in [3.8, 4) is 21.4 Å². The number of benzene rings is 1. The summed E-state index contributed by atoms with van der Waals surface area (Å²) in [7, 11) is 1.68. The van der Waals surface area contributed by atoms with E-state index < -0.39 is 0 Å². The third-order valence-electron chi connectivity index (χ3n) is 2.88. The first kappa shape index (κ1) is 10.6. The predicted molar refractivity (Wildman–Crippen MR) is 68.0 cm³/mol. The number of hydrogen-bond acceptors (Lipinski definition) is 4. The summed E-state index contributed by atoms with van der Waals surface area (Å²) >= 11 is 1.58. The Bertz CT molecular complexity index is 563. The molecule has 0 N–H and O–H groups in total. The summed E-state index contributed by atoms with van der Waals surface area (Å²) in [6, 6.07) is 6.25. The Balaban J connectivity index is 2.03. The van der Waals surface area contributed by atoms with Crippen molar-refractivity contribution < 1.29 is 9.47 Å². The second kappa shape index (κ2) is 4.04. The summed E-state index contributed by atoms with van der Waals surface area (Å²) in [5, 5.41) is 1.89. The highest BCUT2D eigenvalue weighted by atomic mass is 32.1. The van der Waals surface area contributed by atoms with Crippen LogP contribution in [0.5, 0.6) is 10.8 Å². The molecule has 0 amide bonds. The van der Waals surface area contributed by atoms with Gasteiger partial charge in [-0.05, 0) is 30.7 Å². The van der Waals surface area contributed by atoms with Crippen LogP contribution < -0.4 is 9.47 Å². The summed E-state index contributed by atoms with van der Waals surface area (Å²) < 4.78 is 10.8. The summed E-state index contributed by atoms with van der Waals surface area (Å²) in [4.78, 5) is 4.53. The molecule has 0 spiro atoms. The van der Waals surface area contributed by atoms with Gasteiger partial charge in [-0.1, -0.05) is 11.3 Å². The highest BCUT2D eigenvalue weighted by molar-refractivity contribution is 7.17. The van der Waals surface area contributed by atoms with Crippen LogP contribution in [0, 0.1) is 6.92 Å². The Morgan fingerprint density at radius 2 is 2.29 bits per heavy atom. The van der Waals surface area contributed by atoms with Gasteiger partial charge in [0.2, 0.25) is 0 Å². The van der Waals surface area contributed by atoms with Crippen molar-refractivity contribution in [1.29, 1.82) is 0 Å². The zero-order valence-electron chi connectivity index (χ0n) is 9.82. The van der Waals surface area contributed by atoms with Gasteiger partial charge in [-0.3, -0.25) is 0 Å². The number of thiazole rings is 1. The first-order valence-electron chi connectivity index (χ1n) is 5.55. The van der Waals surface area contributed by atoms with Gasteiger partial charge in [-0.2, -0.15) is 0 Å². The SMILES string of the molecule is COc1sc(-c2ccc3c(c2)CCO3)nc1C. The minimum atomic E-state index is 0.791. The van der Waals surface area contributed by atoms with Gasteiger partial charge in [0.15, 0.2) is 5.06 Å². The molecule has 1 aliphatic rings. The topological polar surface area (TPSA) is 31.4 Å². The highest BCUT2D eigenvalue weighted by Crippen LogP contribution is 2.36. The van der Waals surface area contributed by atoms with Gasteiger partial charge in [-0.25, -0.2) is 4.98 Å². The maximum absolute atomic E-state index is 5.50. The van der Waals surface area contributed by atoms with Crippen molar-refractivity contribution in [3.05, 3.63) is 29.5 Å².